The highest BCUT2D eigenvalue weighted by molar-refractivity contribution is 5.70. The third kappa shape index (κ3) is 3.84. The van der Waals surface area contributed by atoms with Crippen LogP contribution in [0, 0.1) is 0 Å². The van der Waals surface area contributed by atoms with Gasteiger partial charge in [0.2, 0.25) is 0 Å². The molecular weight excluding hydrogens is 230 g/mol. The summed E-state index contributed by atoms with van der Waals surface area (Å²) in [5.74, 6) is -0.181. The zero-order chi connectivity index (χ0) is 13.5. The Morgan fingerprint density at radius 3 is 2.78 bits per heavy atom. The summed E-state index contributed by atoms with van der Waals surface area (Å²) >= 11 is 0. The smallest absolute Gasteiger partial charge is 0.307 e. The van der Waals surface area contributed by atoms with Crippen LogP contribution in [0.1, 0.15) is 51.9 Å². The van der Waals surface area contributed by atoms with E-state index in [0.717, 1.165) is 12.2 Å². The third-order valence-electron chi connectivity index (χ3n) is 2.74. The first-order valence-electron chi connectivity index (χ1n) is 6.50. The van der Waals surface area contributed by atoms with Crippen LogP contribution in [0.25, 0.3) is 0 Å². The lowest BCUT2D eigenvalue weighted by atomic mass is 10.1. The topological polar surface area (TPSA) is 56.1 Å². The molecule has 18 heavy (non-hydrogen) atoms. The van der Waals surface area contributed by atoms with Gasteiger partial charge in [-0.05, 0) is 27.3 Å². The monoisotopic (exact) mass is 253 g/mol. The first kappa shape index (κ1) is 14.7. The van der Waals surface area contributed by atoms with Crippen LogP contribution in [-0.4, -0.2) is 28.7 Å². The van der Waals surface area contributed by atoms with Gasteiger partial charge < -0.3 is 14.6 Å². The average molecular weight is 253 g/mol. The zero-order valence-corrected chi connectivity index (χ0v) is 11.6. The molecule has 1 heterocycles. The van der Waals surface area contributed by atoms with Gasteiger partial charge >= 0.3 is 5.97 Å². The van der Waals surface area contributed by atoms with E-state index in [1.54, 1.807) is 6.33 Å². The number of carbonyl (C=O) groups excluding carboxylic acids is 1. The van der Waals surface area contributed by atoms with E-state index in [4.69, 9.17) is 4.74 Å². The van der Waals surface area contributed by atoms with Crippen molar-refractivity contribution in [2.45, 2.75) is 46.2 Å². The summed E-state index contributed by atoms with van der Waals surface area (Å²) < 4.78 is 7.08. The van der Waals surface area contributed by atoms with Crippen molar-refractivity contribution in [1.29, 1.82) is 0 Å². The Kier molecular flexibility index (Phi) is 5.85. The van der Waals surface area contributed by atoms with Gasteiger partial charge in [0.05, 0.1) is 31.1 Å². The molecule has 0 aliphatic carbocycles. The summed E-state index contributed by atoms with van der Waals surface area (Å²) in [4.78, 5) is 15.8. The van der Waals surface area contributed by atoms with Crippen LogP contribution in [0.2, 0.25) is 0 Å². The fraction of sp³-hybridized carbons (Fsp3) is 0.692. The summed E-state index contributed by atoms with van der Waals surface area (Å²) in [7, 11) is 0. The highest BCUT2D eigenvalue weighted by atomic mass is 16.5. The number of aromatic nitrogens is 2. The number of hydrogen-bond donors (Lipinski definition) is 1. The Morgan fingerprint density at radius 2 is 2.22 bits per heavy atom. The normalized spacial score (nSPS) is 12.7. The Hall–Kier alpha value is -1.36. The molecule has 5 heteroatoms. The quantitative estimate of drug-likeness (QED) is 0.756. The van der Waals surface area contributed by atoms with E-state index < -0.39 is 0 Å². The number of imidazole rings is 1. The molecule has 0 radical (unpaired) electrons. The van der Waals surface area contributed by atoms with Crippen molar-refractivity contribution in [3.8, 4) is 0 Å². The summed E-state index contributed by atoms with van der Waals surface area (Å²) in [5.41, 5.74) is 1.03. The van der Waals surface area contributed by atoms with Gasteiger partial charge in [0.25, 0.3) is 0 Å². The zero-order valence-electron chi connectivity index (χ0n) is 11.6. The first-order valence-corrected chi connectivity index (χ1v) is 6.50. The predicted molar refractivity (Wildman–Crippen MR) is 70.3 cm³/mol. The van der Waals surface area contributed by atoms with Crippen molar-refractivity contribution in [1.82, 2.24) is 14.9 Å². The standard InChI is InChI=1S/C13H23N3O2/c1-5-15-11(7-13(17)18-6-2)12-8-14-9-16(12)10(3)4/h8-11,15H,5-7H2,1-4H3. The van der Waals surface area contributed by atoms with Crippen molar-refractivity contribution >= 4 is 5.97 Å². The highest BCUT2D eigenvalue weighted by Crippen LogP contribution is 2.20. The molecule has 0 saturated heterocycles. The molecule has 102 valence electrons. The molecule has 0 bridgehead atoms. The Bertz CT molecular complexity index is 374. The molecule has 1 aromatic heterocycles. The Balaban J connectivity index is 2.83. The van der Waals surface area contributed by atoms with Crippen LogP contribution >= 0.6 is 0 Å². The number of carbonyl (C=O) groups is 1. The summed E-state index contributed by atoms with van der Waals surface area (Å²) in [5, 5.41) is 3.31. The maximum absolute atomic E-state index is 11.6. The van der Waals surface area contributed by atoms with Gasteiger partial charge in [-0.2, -0.15) is 0 Å². The van der Waals surface area contributed by atoms with E-state index in [2.05, 4.69) is 28.7 Å². The van der Waals surface area contributed by atoms with E-state index in [9.17, 15) is 4.79 Å². The SMILES string of the molecule is CCNC(CC(=O)OCC)c1cncn1C(C)C. The van der Waals surface area contributed by atoms with Crippen molar-refractivity contribution in [3.63, 3.8) is 0 Å². The summed E-state index contributed by atoms with van der Waals surface area (Å²) in [6, 6.07) is 0.282. The Labute approximate surface area is 109 Å². The van der Waals surface area contributed by atoms with Gasteiger partial charge in [-0.15, -0.1) is 0 Å². The molecule has 0 aliphatic heterocycles. The molecular formula is C13H23N3O2. The number of nitrogens with one attached hydrogen (secondary N) is 1. The second-order valence-corrected chi connectivity index (χ2v) is 4.44. The van der Waals surface area contributed by atoms with Crippen LogP contribution < -0.4 is 5.32 Å². The molecule has 1 rings (SSSR count). The van der Waals surface area contributed by atoms with Crippen molar-refractivity contribution < 1.29 is 9.53 Å². The molecule has 1 aromatic rings. The largest absolute Gasteiger partial charge is 0.466 e. The molecule has 0 saturated carbocycles. The Morgan fingerprint density at radius 1 is 1.50 bits per heavy atom. The summed E-state index contributed by atoms with van der Waals surface area (Å²) in [6.45, 7) is 9.25. The van der Waals surface area contributed by atoms with Gasteiger partial charge in [-0.25, -0.2) is 4.98 Å². The molecule has 1 unspecified atom stereocenters. The van der Waals surface area contributed by atoms with Crippen LogP contribution in [0.5, 0.6) is 0 Å². The molecule has 0 aromatic carbocycles. The molecule has 0 fully saturated rings. The van der Waals surface area contributed by atoms with E-state index in [1.807, 2.05) is 20.0 Å². The molecule has 0 amide bonds. The van der Waals surface area contributed by atoms with Gasteiger partial charge in [-0.1, -0.05) is 6.92 Å². The maximum atomic E-state index is 11.6. The first-order chi connectivity index (χ1) is 8.60. The van der Waals surface area contributed by atoms with Crippen molar-refractivity contribution in [2.24, 2.45) is 0 Å². The van der Waals surface area contributed by atoms with E-state index >= 15 is 0 Å². The third-order valence-corrected chi connectivity index (χ3v) is 2.74. The van der Waals surface area contributed by atoms with E-state index in [1.165, 1.54) is 0 Å². The maximum Gasteiger partial charge on any atom is 0.307 e. The number of ether oxygens (including phenoxy) is 1. The van der Waals surface area contributed by atoms with Crippen LogP contribution in [0.15, 0.2) is 12.5 Å². The minimum absolute atomic E-state index is 0.0426. The van der Waals surface area contributed by atoms with E-state index in [0.29, 0.717) is 19.1 Å². The fourth-order valence-electron chi connectivity index (χ4n) is 1.93. The van der Waals surface area contributed by atoms with Gasteiger partial charge in [0.15, 0.2) is 0 Å². The second-order valence-electron chi connectivity index (χ2n) is 4.44. The predicted octanol–water partition coefficient (Wildman–Crippen LogP) is 2.07. The number of rotatable bonds is 7. The minimum Gasteiger partial charge on any atom is -0.466 e. The second kappa shape index (κ2) is 7.16. The molecule has 0 aliphatic rings. The molecule has 0 spiro atoms. The van der Waals surface area contributed by atoms with Gasteiger partial charge in [0, 0.05) is 12.2 Å². The molecule has 1 atom stereocenters. The lowest BCUT2D eigenvalue weighted by molar-refractivity contribution is -0.143. The number of hydrogen-bond acceptors (Lipinski definition) is 4. The van der Waals surface area contributed by atoms with Crippen LogP contribution in [0.4, 0.5) is 0 Å². The molecule has 5 nitrogen and oxygen atoms in total. The lowest BCUT2D eigenvalue weighted by Gasteiger charge is -2.20. The van der Waals surface area contributed by atoms with E-state index in [-0.39, 0.29) is 12.0 Å². The van der Waals surface area contributed by atoms with Gasteiger partial charge in [-0.3, -0.25) is 4.79 Å². The average Bonchev–Trinajstić information content (AvgIpc) is 2.77. The fourth-order valence-corrected chi connectivity index (χ4v) is 1.93. The summed E-state index contributed by atoms with van der Waals surface area (Å²) in [6.07, 6.45) is 3.95. The highest BCUT2D eigenvalue weighted by Gasteiger charge is 2.20. The minimum atomic E-state index is -0.181. The lowest BCUT2D eigenvalue weighted by Crippen LogP contribution is -2.27. The number of esters is 1. The van der Waals surface area contributed by atoms with Crippen molar-refractivity contribution in [3.05, 3.63) is 18.2 Å². The van der Waals surface area contributed by atoms with Crippen molar-refractivity contribution in [2.75, 3.05) is 13.2 Å². The van der Waals surface area contributed by atoms with Crippen LogP contribution in [0.3, 0.4) is 0 Å². The van der Waals surface area contributed by atoms with Gasteiger partial charge in [0.1, 0.15) is 0 Å². The van der Waals surface area contributed by atoms with Crippen LogP contribution in [-0.2, 0) is 9.53 Å². The molecule has 1 N–H and O–H groups in total. The number of nitrogens with zero attached hydrogens (tertiary/aromatic N) is 2.